The first-order valence-electron chi connectivity index (χ1n) is 13.2. The van der Waals surface area contributed by atoms with Crippen LogP contribution < -0.4 is 16.0 Å². The number of anilines is 4. The number of carbonyl (C=O) groups is 2. The minimum absolute atomic E-state index is 0.223. The second kappa shape index (κ2) is 12.3. The molecule has 2 heterocycles. The van der Waals surface area contributed by atoms with Gasteiger partial charge in [-0.2, -0.15) is 0 Å². The van der Waals surface area contributed by atoms with E-state index in [0.29, 0.717) is 29.4 Å². The molecule has 0 fully saturated rings. The highest BCUT2D eigenvalue weighted by atomic mass is 16.2. The van der Waals surface area contributed by atoms with Gasteiger partial charge in [-0.05, 0) is 81.2 Å². The van der Waals surface area contributed by atoms with Crippen LogP contribution in [-0.4, -0.2) is 52.3 Å². The summed E-state index contributed by atoms with van der Waals surface area (Å²) in [4.78, 5) is 39.3. The Morgan fingerprint density at radius 2 is 1.71 bits per heavy atom. The number of rotatable bonds is 9. The van der Waals surface area contributed by atoms with E-state index in [1.54, 1.807) is 36.5 Å². The average molecular weight is 546 g/mol. The molecule has 5 rings (SSSR count). The smallest absolute Gasteiger partial charge is 0.255 e. The van der Waals surface area contributed by atoms with E-state index in [1.165, 1.54) is 11.6 Å². The fraction of sp³-hybridized carbons (Fsp3) is 0.125. The van der Waals surface area contributed by atoms with Gasteiger partial charge in [0.25, 0.3) is 5.91 Å². The fourth-order valence-electron chi connectivity index (χ4n) is 4.41. The van der Waals surface area contributed by atoms with Gasteiger partial charge in [-0.1, -0.05) is 24.3 Å². The monoisotopic (exact) mass is 545 g/mol. The summed E-state index contributed by atoms with van der Waals surface area (Å²) in [5, 5.41) is 10.1. The highest BCUT2D eigenvalue weighted by Crippen LogP contribution is 2.30. The van der Waals surface area contributed by atoms with E-state index in [0.717, 1.165) is 27.8 Å². The number of nitrogens with zero attached hydrogens (tertiary/aromatic N) is 3. The summed E-state index contributed by atoms with van der Waals surface area (Å²) in [6.07, 6.45) is 6.96. The van der Waals surface area contributed by atoms with Crippen LogP contribution in [0.1, 0.15) is 15.9 Å². The van der Waals surface area contributed by atoms with Crippen LogP contribution in [0.3, 0.4) is 0 Å². The highest BCUT2D eigenvalue weighted by molar-refractivity contribution is 6.05. The van der Waals surface area contributed by atoms with E-state index in [4.69, 9.17) is 4.98 Å². The molecule has 3 aromatic carbocycles. The summed E-state index contributed by atoms with van der Waals surface area (Å²) >= 11 is 0. The molecule has 0 unspecified atom stereocenters. The molecule has 0 spiro atoms. The number of H-pyrrole nitrogens is 1. The van der Waals surface area contributed by atoms with E-state index in [1.807, 2.05) is 67.7 Å². The second-order valence-electron chi connectivity index (χ2n) is 9.86. The second-order valence-corrected chi connectivity index (χ2v) is 9.86. The largest absolute Gasteiger partial charge is 0.360 e. The third-order valence-corrected chi connectivity index (χ3v) is 6.38. The maximum atomic E-state index is 12.9. The molecule has 0 saturated carbocycles. The Kier molecular flexibility index (Phi) is 8.17. The van der Waals surface area contributed by atoms with Gasteiger partial charge in [0.1, 0.15) is 0 Å². The number of aryl methyl sites for hydroxylation is 1. The van der Waals surface area contributed by atoms with Crippen LogP contribution in [0, 0.1) is 6.92 Å². The number of hydrogen-bond donors (Lipinski definition) is 4. The molecule has 0 aliphatic carbocycles. The van der Waals surface area contributed by atoms with Crippen molar-refractivity contribution in [1.29, 1.82) is 0 Å². The van der Waals surface area contributed by atoms with Crippen molar-refractivity contribution in [3.05, 3.63) is 108 Å². The van der Waals surface area contributed by atoms with E-state index < -0.39 is 0 Å². The Morgan fingerprint density at radius 3 is 2.51 bits per heavy atom. The maximum absolute atomic E-state index is 12.9. The molecule has 9 heteroatoms. The molecule has 0 aliphatic heterocycles. The lowest BCUT2D eigenvalue weighted by molar-refractivity contribution is -0.111. The molecule has 9 nitrogen and oxygen atoms in total. The molecule has 2 aromatic heterocycles. The van der Waals surface area contributed by atoms with Crippen LogP contribution in [0.4, 0.5) is 23.0 Å². The third-order valence-electron chi connectivity index (χ3n) is 6.38. The lowest BCUT2D eigenvalue weighted by Gasteiger charge is -2.10. The van der Waals surface area contributed by atoms with Gasteiger partial charge >= 0.3 is 0 Å². The van der Waals surface area contributed by atoms with Crippen LogP contribution in [-0.2, 0) is 4.79 Å². The Balaban J connectivity index is 1.23. The molecule has 0 atom stereocenters. The SMILES string of the molecule is Cc1cccc2[nH]cc(-c3ccnc(Nc4cccc(NC(=O)c5ccc(NC(=O)C=CCN(C)C)cc5)c4)n3)c12. The molecule has 0 saturated heterocycles. The van der Waals surface area contributed by atoms with Gasteiger partial charge in [0.15, 0.2) is 0 Å². The number of aromatic nitrogens is 3. The summed E-state index contributed by atoms with van der Waals surface area (Å²) in [7, 11) is 3.86. The third kappa shape index (κ3) is 6.84. The summed E-state index contributed by atoms with van der Waals surface area (Å²) < 4.78 is 0. The Hall–Kier alpha value is -5.28. The van der Waals surface area contributed by atoms with Crippen molar-refractivity contribution in [2.75, 3.05) is 36.6 Å². The predicted molar refractivity (Wildman–Crippen MR) is 165 cm³/mol. The quantitative estimate of drug-likeness (QED) is 0.169. The van der Waals surface area contributed by atoms with Gasteiger partial charge in [-0.3, -0.25) is 9.59 Å². The first-order valence-corrected chi connectivity index (χ1v) is 13.2. The van der Waals surface area contributed by atoms with Crippen LogP contribution in [0.15, 0.2) is 97.3 Å². The minimum Gasteiger partial charge on any atom is -0.360 e. The zero-order valence-corrected chi connectivity index (χ0v) is 23.1. The number of benzene rings is 3. The first-order chi connectivity index (χ1) is 19.9. The number of likely N-dealkylation sites (N-methyl/N-ethyl adjacent to an activating group) is 1. The molecule has 2 amide bonds. The number of fused-ring (bicyclic) bond motifs is 1. The Labute approximate surface area is 238 Å². The van der Waals surface area contributed by atoms with Gasteiger partial charge < -0.3 is 25.8 Å². The molecular weight excluding hydrogens is 514 g/mol. The molecule has 0 bridgehead atoms. The van der Waals surface area contributed by atoms with Crippen molar-refractivity contribution >= 4 is 45.7 Å². The summed E-state index contributed by atoms with van der Waals surface area (Å²) in [6, 6.07) is 22.1. The summed E-state index contributed by atoms with van der Waals surface area (Å²) in [5.41, 5.74) is 6.47. The Bertz CT molecular complexity index is 1720. The molecule has 0 aliphatic rings. The number of nitrogens with one attached hydrogen (secondary N) is 4. The normalized spacial score (nSPS) is 11.2. The zero-order chi connectivity index (χ0) is 28.8. The van der Waals surface area contributed by atoms with Gasteiger partial charge in [0.2, 0.25) is 11.9 Å². The predicted octanol–water partition coefficient (Wildman–Crippen LogP) is 5.99. The van der Waals surface area contributed by atoms with Crippen LogP contribution in [0.2, 0.25) is 0 Å². The molecular formula is C32H31N7O2. The molecule has 4 N–H and O–H groups in total. The standard InChI is InChI=1S/C32H31N7O2/c1-21-7-4-10-28-30(21)26(20-34-28)27-16-17-33-32(38-27)37-25-9-5-8-24(19-25)36-31(41)22-12-14-23(15-13-22)35-29(40)11-6-18-39(2)3/h4-17,19-20,34H,18H2,1-3H3,(H,35,40)(H,36,41)(H,33,37,38). The van der Waals surface area contributed by atoms with Crippen LogP contribution in [0.25, 0.3) is 22.2 Å². The van der Waals surface area contributed by atoms with Gasteiger partial charge in [-0.15, -0.1) is 0 Å². The lowest BCUT2D eigenvalue weighted by atomic mass is 10.1. The van der Waals surface area contributed by atoms with Gasteiger partial charge in [-0.25, -0.2) is 9.97 Å². The average Bonchev–Trinajstić information content (AvgIpc) is 3.39. The lowest BCUT2D eigenvalue weighted by Crippen LogP contribution is -2.13. The number of carbonyl (C=O) groups excluding carboxylic acids is 2. The zero-order valence-electron chi connectivity index (χ0n) is 23.1. The van der Waals surface area contributed by atoms with Crippen LogP contribution >= 0.6 is 0 Å². The maximum Gasteiger partial charge on any atom is 0.255 e. The van der Waals surface area contributed by atoms with E-state index in [2.05, 4.69) is 38.9 Å². The molecule has 0 radical (unpaired) electrons. The number of amides is 2. The number of hydrogen-bond acceptors (Lipinski definition) is 6. The molecule has 41 heavy (non-hydrogen) atoms. The van der Waals surface area contributed by atoms with Gasteiger partial charge in [0.05, 0.1) is 5.69 Å². The van der Waals surface area contributed by atoms with E-state index in [-0.39, 0.29) is 11.8 Å². The minimum atomic E-state index is -0.265. The first kappa shape index (κ1) is 27.3. The van der Waals surface area contributed by atoms with Crippen LogP contribution in [0.5, 0.6) is 0 Å². The highest BCUT2D eigenvalue weighted by Gasteiger charge is 2.11. The Morgan fingerprint density at radius 1 is 0.927 bits per heavy atom. The number of aromatic amines is 1. The van der Waals surface area contributed by atoms with Crippen molar-refractivity contribution in [2.24, 2.45) is 0 Å². The fourth-order valence-corrected chi connectivity index (χ4v) is 4.41. The molecule has 206 valence electrons. The topological polar surface area (TPSA) is 115 Å². The van der Waals surface area contributed by atoms with Gasteiger partial charge in [0, 0.05) is 64.1 Å². The molecule has 5 aromatic rings. The van der Waals surface area contributed by atoms with Crippen molar-refractivity contribution in [3.8, 4) is 11.3 Å². The van der Waals surface area contributed by atoms with Crippen molar-refractivity contribution < 1.29 is 9.59 Å². The summed E-state index contributed by atoms with van der Waals surface area (Å²) in [5.74, 6) is -0.0404. The van der Waals surface area contributed by atoms with Crippen molar-refractivity contribution in [3.63, 3.8) is 0 Å². The van der Waals surface area contributed by atoms with Crippen molar-refractivity contribution in [1.82, 2.24) is 19.9 Å². The van der Waals surface area contributed by atoms with E-state index in [9.17, 15) is 9.59 Å². The van der Waals surface area contributed by atoms with E-state index >= 15 is 0 Å². The van der Waals surface area contributed by atoms with Crippen molar-refractivity contribution in [2.45, 2.75) is 6.92 Å². The summed E-state index contributed by atoms with van der Waals surface area (Å²) in [6.45, 7) is 2.76.